The van der Waals surface area contributed by atoms with Gasteiger partial charge in [0.2, 0.25) is 9.84 Å². The first kappa shape index (κ1) is 17.2. The molecule has 0 saturated carbocycles. The molecule has 0 atom stereocenters. The molecule has 21 heavy (non-hydrogen) atoms. The van der Waals surface area contributed by atoms with Gasteiger partial charge < -0.3 is 0 Å². The van der Waals surface area contributed by atoms with Crippen molar-refractivity contribution in [2.24, 2.45) is 0 Å². The van der Waals surface area contributed by atoms with Gasteiger partial charge in [-0.15, -0.1) is 0 Å². The normalized spacial score (nSPS) is 11.5. The fraction of sp³-hybridized carbons (Fsp3) is 0.250. The summed E-state index contributed by atoms with van der Waals surface area (Å²) in [5, 5.41) is 0. The number of alkyl halides is 2. The molecule has 0 aliphatic carbocycles. The van der Waals surface area contributed by atoms with Gasteiger partial charge in [-0.2, -0.15) is 0 Å². The first-order valence-electron chi connectivity index (χ1n) is 6.63. The van der Waals surface area contributed by atoms with Gasteiger partial charge in [-0.05, 0) is 48.2 Å². The number of benzene rings is 2. The first-order valence-corrected chi connectivity index (χ1v) is 11.2. The highest BCUT2D eigenvalue weighted by Gasteiger charge is 2.17. The Hall–Kier alpha value is -0.150. The molecule has 112 valence electrons. The molecule has 0 unspecified atom stereocenters. The van der Waals surface area contributed by atoms with Crippen LogP contribution in [0.1, 0.15) is 11.1 Å². The van der Waals surface area contributed by atoms with Crippen LogP contribution in [0.3, 0.4) is 0 Å². The highest BCUT2D eigenvalue weighted by atomic mass is 127. The van der Waals surface area contributed by atoms with Crippen molar-refractivity contribution in [3.63, 3.8) is 0 Å². The Morgan fingerprint density at radius 1 is 0.667 bits per heavy atom. The maximum Gasteiger partial charge on any atom is 0.206 e. The van der Waals surface area contributed by atoms with E-state index in [1.807, 2.05) is 24.3 Å². The lowest BCUT2D eigenvalue weighted by Gasteiger charge is -2.07. The molecule has 5 heteroatoms. The smallest absolute Gasteiger partial charge is 0.206 e. The van der Waals surface area contributed by atoms with E-state index < -0.39 is 9.84 Å². The van der Waals surface area contributed by atoms with Gasteiger partial charge in [-0.1, -0.05) is 69.4 Å². The van der Waals surface area contributed by atoms with Crippen molar-refractivity contribution in [1.82, 2.24) is 0 Å². The van der Waals surface area contributed by atoms with E-state index in [1.165, 1.54) is 11.1 Å². The molecule has 2 nitrogen and oxygen atoms in total. The van der Waals surface area contributed by atoms with Crippen LogP contribution in [0.2, 0.25) is 0 Å². The van der Waals surface area contributed by atoms with E-state index in [1.54, 1.807) is 24.3 Å². The fourth-order valence-corrected chi connectivity index (χ4v) is 4.53. The summed E-state index contributed by atoms with van der Waals surface area (Å²) in [6.45, 7) is 0. The first-order chi connectivity index (χ1) is 10.1. The molecule has 0 bridgehead atoms. The van der Waals surface area contributed by atoms with Crippen molar-refractivity contribution in [2.45, 2.75) is 22.6 Å². The molecule has 2 rings (SSSR count). The van der Waals surface area contributed by atoms with E-state index in [4.69, 9.17) is 0 Å². The van der Waals surface area contributed by atoms with Gasteiger partial charge in [-0.3, -0.25) is 0 Å². The molecule has 0 aliphatic heterocycles. The summed E-state index contributed by atoms with van der Waals surface area (Å²) >= 11 is 4.63. The summed E-state index contributed by atoms with van der Waals surface area (Å²) in [7, 11) is -3.41. The van der Waals surface area contributed by atoms with E-state index >= 15 is 0 Å². The molecular weight excluding hydrogens is 510 g/mol. The molecule has 0 aliphatic rings. The number of sulfone groups is 1. The Balaban J connectivity index is 2.28. The SMILES string of the molecule is O=S(=O)(c1ccc(CCI)cc1)c1ccc(CCI)cc1. The van der Waals surface area contributed by atoms with Gasteiger partial charge in [0.15, 0.2) is 0 Å². The minimum absolute atomic E-state index is 0.362. The minimum atomic E-state index is -3.41. The predicted molar refractivity (Wildman–Crippen MR) is 104 cm³/mol. The molecule has 0 radical (unpaired) electrons. The molecular formula is C16H16I2O2S. The average molecular weight is 526 g/mol. The van der Waals surface area contributed by atoms with Crippen LogP contribution in [0.15, 0.2) is 58.3 Å². The summed E-state index contributed by atoms with van der Waals surface area (Å²) in [4.78, 5) is 0.725. The zero-order valence-electron chi connectivity index (χ0n) is 11.4. The fourth-order valence-electron chi connectivity index (χ4n) is 2.02. The van der Waals surface area contributed by atoms with Crippen molar-refractivity contribution >= 4 is 55.0 Å². The number of rotatable bonds is 6. The largest absolute Gasteiger partial charge is 0.219 e. The van der Waals surface area contributed by atoms with Crippen LogP contribution >= 0.6 is 45.2 Å². The summed E-state index contributed by atoms with van der Waals surface area (Å²) < 4.78 is 27.2. The van der Waals surface area contributed by atoms with E-state index in [0.717, 1.165) is 21.7 Å². The lowest BCUT2D eigenvalue weighted by molar-refractivity contribution is 0.596. The lowest BCUT2D eigenvalue weighted by atomic mass is 10.2. The number of hydrogen-bond acceptors (Lipinski definition) is 2. The lowest BCUT2D eigenvalue weighted by Crippen LogP contribution is -2.02. The highest BCUT2D eigenvalue weighted by molar-refractivity contribution is 14.1. The molecule has 0 amide bonds. The summed E-state index contributed by atoms with van der Waals surface area (Å²) in [6.07, 6.45) is 1.93. The Labute approximate surface area is 153 Å². The van der Waals surface area contributed by atoms with Crippen molar-refractivity contribution in [2.75, 3.05) is 8.86 Å². The summed E-state index contributed by atoms with van der Waals surface area (Å²) in [5.41, 5.74) is 2.33. The van der Waals surface area contributed by atoms with Gasteiger partial charge in [0.25, 0.3) is 0 Å². The second-order valence-corrected chi connectivity index (χ2v) is 8.78. The third-order valence-electron chi connectivity index (χ3n) is 3.23. The van der Waals surface area contributed by atoms with Crippen molar-refractivity contribution in [1.29, 1.82) is 0 Å². The van der Waals surface area contributed by atoms with Gasteiger partial charge in [0, 0.05) is 8.86 Å². The molecule has 0 fully saturated rings. The van der Waals surface area contributed by atoms with Crippen molar-refractivity contribution < 1.29 is 8.42 Å². The Morgan fingerprint density at radius 2 is 1.00 bits per heavy atom. The second kappa shape index (κ2) is 7.92. The van der Waals surface area contributed by atoms with Crippen LogP contribution in [0.5, 0.6) is 0 Å². The summed E-state index contributed by atoms with van der Waals surface area (Å²) in [5.74, 6) is 0. The Morgan fingerprint density at radius 3 is 1.29 bits per heavy atom. The van der Waals surface area contributed by atoms with Crippen LogP contribution in [0, 0.1) is 0 Å². The summed E-state index contributed by atoms with van der Waals surface area (Å²) in [6, 6.07) is 14.4. The van der Waals surface area contributed by atoms with Crippen LogP contribution < -0.4 is 0 Å². The molecule has 0 N–H and O–H groups in total. The predicted octanol–water partition coefficient (Wildman–Crippen LogP) is 4.47. The van der Waals surface area contributed by atoms with Gasteiger partial charge in [0.1, 0.15) is 0 Å². The monoisotopic (exact) mass is 526 g/mol. The van der Waals surface area contributed by atoms with Crippen molar-refractivity contribution in [3.8, 4) is 0 Å². The standard InChI is InChI=1S/C16H16I2O2S/c17-11-9-13-1-5-15(6-2-13)21(19,20)16-7-3-14(4-8-16)10-12-18/h1-8H,9-12H2. The second-order valence-electron chi connectivity index (χ2n) is 4.67. The van der Waals surface area contributed by atoms with Crippen LogP contribution in [0.4, 0.5) is 0 Å². The number of halogens is 2. The zero-order chi connectivity index (χ0) is 15.3. The minimum Gasteiger partial charge on any atom is -0.219 e. The van der Waals surface area contributed by atoms with E-state index in [0.29, 0.717) is 9.79 Å². The number of hydrogen-bond donors (Lipinski definition) is 0. The maximum absolute atomic E-state index is 12.6. The maximum atomic E-state index is 12.6. The van der Waals surface area contributed by atoms with Gasteiger partial charge >= 0.3 is 0 Å². The molecule has 2 aromatic rings. The van der Waals surface area contributed by atoms with E-state index in [-0.39, 0.29) is 0 Å². The van der Waals surface area contributed by atoms with Gasteiger partial charge in [-0.25, -0.2) is 8.42 Å². The number of aryl methyl sites for hydroxylation is 2. The quantitative estimate of drug-likeness (QED) is 0.412. The molecule has 0 spiro atoms. The molecule has 2 aromatic carbocycles. The topological polar surface area (TPSA) is 34.1 Å². The molecule has 0 saturated heterocycles. The molecule has 0 aromatic heterocycles. The van der Waals surface area contributed by atoms with Crippen molar-refractivity contribution in [3.05, 3.63) is 59.7 Å². The van der Waals surface area contributed by atoms with E-state index in [9.17, 15) is 8.42 Å². The highest BCUT2D eigenvalue weighted by Crippen LogP contribution is 2.22. The Bertz CT molecular complexity index is 622. The third kappa shape index (κ3) is 4.41. The van der Waals surface area contributed by atoms with Crippen LogP contribution in [-0.2, 0) is 22.7 Å². The molecule has 0 heterocycles. The van der Waals surface area contributed by atoms with Crippen LogP contribution in [0.25, 0.3) is 0 Å². The van der Waals surface area contributed by atoms with Gasteiger partial charge in [0.05, 0.1) is 9.79 Å². The Kier molecular flexibility index (Phi) is 6.49. The average Bonchev–Trinajstić information content (AvgIpc) is 2.49. The zero-order valence-corrected chi connectivity index (χ0v) is 16.6. The third-order valence-corrected chi connectivity index (χ3v) is 6.10. The van der Waals surface area contributed by atoms with E-state index in [2.05, 4.69) is 45.2 Å². The van der Waals surface area contributed by atoms with Crippen LogP contribution in [-0.4, -0.2) is 17.3 Å².